The summed E-state index contributed by atoms with van der Waals surface area (Å²) >= 11 is 0. The van der Waals surface area contributed by atoms with Crippen molar-refractivity contribution in [1.29, 1.82) is 0 Å². The van der Waals surface area contributed by atoms with Crippen molar-refractivity contribution in [3.63, 3.8) is 0 Å². The van der Waals surface area contributed by atoms with E-state index in [0.717, 1.165) is 13.0 Å². The van der Waals surface area contributed by atoms with Gasteiger partial charge >= 0.3 is 0 Å². The third-order valence-corrected chi connectivity index (χ3v) is 3.24. The molecule has 2 nitrogen and oxygen atoms in total. The van der Waals surface area contributed by atoms with Crippen LogP contribution in [0.1, 0.15) is 51.8 Å². The lowest BCUT2D eigenvalue weighted by atomic mass is 10.1. The van der Waals surface area contributed by atoms with Gasteiger partial charge in [-0.15, -0.1) is 0 Å². The number of pyridine rings is 1. The fourth-order valence-electron chi connectivity index (χ4n) is 2.23. The van der Waals surface area contributed by atoms with E-state index >= 15 is 0 Å². The third kappa shape index (κ3) is 1.93. The number of hydrogen-bond donors (Lipinski definition) is 0. The first-order valence-corrected chi connectivity index (χ1v) is 6.17. The second-order valence-electron chi connectivity index (χ2n) is 5.95. The molecule has 2 heterocycles. The summed E-state index contributed by atoms with van der Waals surface area (Å²) in [5.74, 6) is 1.71. The van der Waals surface area contributed by atoms with E-state index in [1.165, 1.54) is 17.1 Å². The molecule has 2 rings (SSSR count). The Bertz CT molecular complexity index is 388. The first-order valence-electron chi connectivity index (χ1n) is 6.17. The average Bonchev–Trinajstić information content (AvgIpc) is 2.58. The van der Waals surface area contributed by atoms with Gasteiger partial charge in [0, 0.05) is 17.8 Å². The molecule has 0 fully saturated rings. The minimum Gasteiger partial charge on any atom is -0.351 e. The fraction of sp³-hybridized carbons (Fsp3) is 0.643. The molecule has 0 bridgehead atoms. The number of rotatable bonds is 1. The first-order chi connectivity index (χ1) is 7.39. The SMILES string of the molecule is CC(C)c1ccc2c(n1)N(C(C)(C)C)CC2. The highest BCUT2D eigenvalue weighted by Crippen LogP contribution is 2.32. The van der Waals surface area contributed by atoms with E-state index in [0.29, 0.717) is 5.92 Å². The first kappa shape index (κ1) is 11.4. The van der Waals surface area contributed by atoms with E-state index < -0.39 is 0 Å². The Kier molecular flexibility index (Phi) is 2.69. The van der Waals surface area contributed by atoms with Gasteiger partial charge in [-0.05, 0) is 44.7 Å². The lowest BCUT2D eigenvalue weighted by molar-refractivity contribution is 0.513. The van der Waals surface area contributed by atoms with Crippen LogP contribution >= 0.6 is 0 Å². The van der Waals surface area contributed by atoms with Crippen LogP contribution < -0.4 is 4.90 Å². The smallest absolute Gasteiger partial charge is 0.132 e. The zero-order chi connectivity index (χ0) is 11.9. The van der Waals surface area contributed by atoms with Crippen LogP contribution in [0.2, 0.25) is 0 Å². The summed E-state index contributed by atoms with van der Waals surface area (Å²) in [5, 5.41) is 0. The van der Waals surface area contributed by atoms with Crippen LogP contribution in [0.15, 0.2) is 12.1 Å². The van der Waals surface area contributed by atoms with Crippen LogP contribution in [0.25, 0.3) is 0 Å². The Morgan fingerprint density at radius 3 is 2.50 bits per heavy atom. The highest BCUT2D eigenvalue weighted by atomic mass is 15.3. The Balaban J connectivity index is 2.41. The molecule has 88 valence electrons. The van der Waals surface area contributed by atoms with E-state index in [1.807, 2.05) is 0 Å². The maximum absolute atomic E-state index is 4.83. The molecule has 2 heteroatoms. The van der Waals surface area contributed by atoms with Crippen LogP contribution in [-0.2, 0) is 6.42 Å². The van der Waals surface area contributed by atoms with Gasteiger partial charge in [0.25, 0.3) is 0 Å². The van der Waals surface area contributed by atoms with Gasteiger partial charge in [0.15, 0.2) is 0 Å². The van der Waals surface area contributed by atoms with Crippen LogP contribution in [0.4, 0.5) is 5.82 Å². The van der Waals surface area contributed by atoms with Crippen molar-refractivity contribution in [2.24, 2.45) is 0 Å². The Morgan fingerprint density at radius 1 is 1.25 bits per heavy atom. The maximum atomic E-state index is 4.83. The normalized spacial score (nSPS) is 15.8. The highest BCUT2D eigenvalue weighted by Gasteiger charge is 2.29. The predicted octanol–water partition coefficient (Wildman–Crippen LogP) is 3.37. The Labute approximate surface area is 98.7 Å². The third-order valence-electron chi connectivity index (χ3n) is 3.24. The van der Waals surface area contributed by atoms with Crippen LogP contribution in [-0.4, -0.2) is 17.1 Å². The molecular weight excluding hydrogens is 196 g/mol. The van der Waals surface area contributed by atoms with Crippen LogP contribution in [0.3, 0.4) is 0 Å². The fourth-order valence-corrected chi connectivity index (χ4v) is 2.23. The van der Waals surface area contributed by atoms with E-state index in [9.17, 15) is 0 Å². The van der Waals surface area contributed by atoms with E-state index in [1.54, 1.807) is 0 Å². The minimum atomic E-state index is 0.174. The van der Waals surface area contributed by atoms with Crippen molar-refractivity contribution in [2.45, 2.75) is 52.5 Å². The Hall–Kier alpha value is -1.05. The molecule has 0 N–H and O–H groups in total. The standard InChI is InChI=1S/C14H22N2/c1-10(2)12-7-6-11-8-9-16(13(11)15-12)14(3,4)5/h6-7,10H,8-9H2,1-5H3. The predicted molar refractivity (Wildman–Crippen MR) is 69.1 cm³/mol. The van der Waals surface area contributed by atoms with Crippen molar-refractivity contribution in [1.82, 2.24) is 4.98 Å². The number of hydrogen-bond acceptors (Lipinski definition) is 2. The van der Waals surface area contributed by atoms with E-state index in [4.69, 9.17) is 4.98 Å². The van der Waals surface area contributed by atoms with Gasteiger partial charge in [-0.3, -0.25) is 0 Å². The molecule has 1 aromatic heterocycles. The molecule has 0 aliphatic carbocycles. The van der Waals surface area contributed by atoms with Gasteiger partial charge in [-0.25, -0.2) is 4.98 Å². The molecule has 0 radical (unpaired) electrons. The molecule has 1 aliphatic heterocycles. The van der Waals surface area contributed by atoms with Crippen molar-refractivity contribution < 1.29 is 0 Å². The maximum Gasteiger partial charge on any atom is 0.132 e. The molecule has 1 aliphatic rings. The number of nitrogens with zero attached hydrogens (tertiary/aromatic N) is 2. The van der Waals surface area contributed by atoms with Crippen molar-refractivity contribution in [3.8, 4) is 0 Å². The van der Waals surface area contributed by atoms with Gasteiger partial charge in [-0.1, -0.05) is 19.9 Å². The van der Waals surface area contributed by atoms with Gasteiger partial charge < -0.3 is 4.90 Å². The summed E-state index contributed by atoms with van der Waals surface area (Å²) in [5.41, 5.74) is 2.78. The topological polar surface area (TPSA) is 16.1 Å². The zero-order valence-corrected chi connectivity index (χ0v) is 11.0. The average molecular weight is 218 g/mol. The lowest BCUT2D eigenvalue weighted by Gasteiger charge is -2.33. The van der Waals surface area contributed by atoms with Crippen LogP contribution in [0.5, 0.6) is 0 Å². The van der Waals surface area contributed by atoms with E-state index in [-0.39, 0.29) is 5.54 Å². The molecule has 0 saturated heterocycles. The minimum absolute atomic E-state index is 0.174. The zero-order valence-electron chi connectivity index (χ0n) is 11.0. The van der Waals surface area contributed by atoms with Gasteiger partial charge in [0.05, 0.1) is 0 Å². The van der Waals surface area contributed by atoms with E-state index in [2.05, 4.69) is 51.7 Å². The monoisotopic (exact) mass is 218 g/mol. The van der Waals surface area contributed by atoms with Crippen LogP contribution in [0, 0.1) is 0 Å². The second kappa shape index (κ2) is 3.76. The van der Waals surface area contributed by atoms with Crippen molar-refractivity contribution >= 4 is 5.82 Å². The molecule has 0 spiro atoms. The highest BCUT2D eigenvalue weighted by molar-refractivity contribution is 5.54. The number of fused-ring (bicyclic) bond motifs is 1. The van der Waals surface area contributed by atoms with Gasteiger partial charge in [0.2, 0.25) is 0 Å². The molecule has 0 aromatic carbocycles. The lowest BCUT2D eigenvalue weighted by Crippen LogP contribution is -2.40. The Morgan fingerprint density at radius 2 is 1.94 bits per heavy atom. The van der Waals surface area contributed by atoms with Gasteiger partial charge in [0.1, 0.15) is 5.82 Å². The van der Waals surface area contributed by atoms with Crippen molar-refractivity contribution in [3.05, 3.63) is 23.4 Å². The summed E-state index contributed by atoms with van der Waals surface area (Å²) in [7, 11) is 0. The molecule has 0 saturated carbocycles. The number of aromatic nitrogens is 1. The summed E-state index contributed by atoms with van der Waals surface area (Å²) < 4.78 is 0. The largest absolute Gasteiger partial charge is 0.351 e. The van der Waals surface area contributed by atoms with Crippen molar-refractivity contribution in [2.75, 3.05) is 11.4 Å². The second-order valence-corrected chi connectivity index (χ2v) is 5.95. The van der Waals surface area contributed by atoms with Gasteiger partial charge in [-0.2, -0.15) is 0 Å². The summed E-state index contributed by atoms with van der Waals surface area (Å²) in [4.78, 5) is 7.25. The molecular formula is C14H22N2. The molecule has 1 aromatic rings. The molecule has 16 heavy (non-hydrogen) atoms. The summed E-state index contributed by atoms with van der Waals surface area (Å²) in [6.07, 6.45) is 1.14. The molecule has 0 atom stereocenters. The number of anilines is 1. The quantitative estimate of drug-likeness (QED) is 0.718. The molecule has 0 amide bonds. The summed E-state index contributed by atoms with van der Waals surface area (Å²) in [6.45, 7) is 12.3. The molecule has 0 unspecified atom stereocenters. The summed E-state index contributed by atoms with van der Waals surface area (Å²) in [6, 6.07) is 4.43.